The summed E-state index contributed by atoms with van der Waals surface area (Å²) < 4.78 is 6.99. The number of nitrogens with one attached hydrogen (secondary N) is 1. The standard InChI is InChI=1S/C13H21BrN4O/c1-12(2)6-18(7-13(3,4)19-12)11-9(14)10(15-5)16-8-17-11/h8H,6-7H2,1-5H3,(H,15,16,17). The largest absolute Gasteiger partial charge is 0.372 e. The lowest BCUT2D eigenvalue weighted by Gasteiger charge is -2.47. The predicted octanol–water partition coefficient (Wildman–Crippen LogP) is 2.67. The molecule has 0 unspecified atom stereocenters. The molecule has 106 valence electrons. The van der Waals surface area contributed by atoms with Crippen LogP contribution in [0.15, 0.2) is 10.8 Å². The van der Waals surface area contributed by atoms with Gasteiger partial charge >= 0.3 is 0 Å². The first-order chi connectivity index (χ1) is 8.74. The summed E-state index contributed by atoms with van der Waals surface area (Å²) in [5.41, 5.74) is -0.405. The third-order valence-electron chi connectivity index (χ3n) is 3.00. The molecule has 0 aliphatic carbocycles. The van der Waals surface area contributed by atoms with Crippen molar-refractivity contribution in [3.05, 3.63) is 10.8 Å². The highest BCUT2D eigenvalue weighted by Crippen LogP contribution is 2.35. The molecule has 1 aliphatic heterocycles. The predicted molar refractivity (Wildman–Crippen MR) is 80.7 cm³/mol. The molecule has 1 N–H and O–H groups in total. The van der Waals surface area contributed by atoms with E-state index in [4.69, 9.17) is 4.74 Å². The number of anilines is 2. The Morgan fingerprint density at radius 3 is 2.32 bits per heavy atom. The molecule has 1 saturated heterocycles. The summed E-state index contributed by atoms with van der Waals surface area (Å²) in [4.78, 5) is 10.9. The van der Waals surface area contributed by atoms with Crippen LogP contribution in [0.2, 0.25) is 0 Å². The Morgan fingerprint density at radius 1 is 1.21 bits per heavy atom. The van der Waals surface area contributed by atoms with Gasteiger partial charge in [0.15, 0.2) is 0 Å². The third-order valence-corrected chi connectivity index (χ3v) is 3.73. The molecule has 0 bridgehead atoms. The van der Waals surface area contributed by atoms with Gasteiger partial charge in [0.25, 0.3) is 0 Å². The van der Waals surface area contributed by atoms with Crippen molar-refractivity contribution >= 4 is 27.6 Å². The zero-order valence-corrected chi connectivity index (χ0v) is 13.7. The van der Waals surface area contributed by atoms with Gasteiger partial charge in [-0.15, -0.1) is 0 Å². The van der Waals surface area contributed by atoms with E-state index in [-0.39, 0.29) is 11.2 Å². The van der Waals surface area contributed by atoms with E-state index in [1.807, 2.05) is 7.05 Å². The van der Waals surface area contributed by atoms with Crippen molar-refractivity contribution in [2.45, 2.75) is 38.9 Å². The number of ether oxygens (including phenoxy) is 1. The lowest BCUT2D eigenvalue weighted by atomic mass is 9.99. The van der Waals surface area contributed by atoms with Crippen molar-refractivity contribution in [2.75, 3.05) is 30.4 Å². The Kier molecular flexibility index (Phi) is 3.75. The lowest BCUT2D eigenvalue weighted by molar-refractivity contribution is -0.133. The second kappa shape index (κ2) is 4.90. The Bertz CT molecular complexity index is 460. The average Bonchev–Trinajstić information content (AvgIpc) is 2.25. The van der Waals surface area contributed by atoms with E-state index in [2.05, 4.69) is 63.8 Å². The minimum absolute atomic E-state index is 0.202. The molecule has 0 atom stereocenters. The zero-order chi connectivity index (χ0) is 14.3. The second-order valence-corrected chi connectivity index (χ2v) is 6.88. The van der Waals surface area contributed by atoms with Crippen LogP contribution in [0.1, 0.15) is 27.7 Å². The molecular weight excluding hydrogens is 308 g/mol. The van der Waals surface area contributed by atoms with E-state index in [1.54, 1.807) is 6.33 Å². The summed E-state index contributed by atoms with van der Waals surface area (Å²) in [6, 6.07) is 0. The molecule has 2 rings (SSSR count). The van der Waals surface area contributed by atoms with Gasteiger partial charge in [0.2, 0.25) is 0 Å². The molecule has 1 aliphatic rings. The normalized spacial score (nSPS) is 21.3. The average molecular weight is 329 g/mol. The molecule has 0 aromatic carbocycles. The van der Waals surface area contributed by atoms with Gasteiger partial charge in [-0.25, -0.2) is 9.97 Å². The number of halogens is 1. The molecule has 2 heterocycles. The summed E-state index contributed by atoms with van der Waals surface area (Å²) in [6.45, 7) is 10.0. The SMILES string of the molecule is CNc1ncnc(N2CC(C)(C)OC(C)(C)C2)c1Br. The number of morpholine rings is 1. The smallest absolute Gasteiger partial charge is 0.148 e. The van der Waals surface area contributed by atoms with Crippen molar-refractivity contribution in [2.24, 2.45) is 0 Å². The number of nitrogens with zero attached hydrogens (tertiary/aromatic N) is 3. The fourth-order valence-corrected chi connectivity index (χ4v) is 3.35. The van der Waals surface area contributed by atoms with Crippen molar-refractivity contribution in [1.29, 1.82) is 0 Å². The zero-order valence-electron chi connectivity index (χ0n) is 12.1. The summed E-state index contributed by atoms with van der Waals surface area (Å²) in [7, 11) is 1.85. The van der Waals surface area contributed by atoms with E-state index < -0.39 is 0 Å². The van der Waals surface area contributed by atoms with Crippen LogP contribution in [-0.2, 0) is 4.74 Å². The molecular formula is C13H21BrN4O. The molecule has 1 fully saturated rings. The van der Waals surface area contributed by atoms with Gasteiger partial charge in [0, 0.05) is 20.1 Å². The number of hydrogen-bond donors (Lipinski definition) is 1. The van der Waals surface area contributed by atoms with Gasteiger partial charge in [0.05, 0.1) is 11.2 Å². The minimum atomic E-state index is -0.202. The summed E-state index contributed by atoms with van der Waals surface area (Å²) >= 11 is 3.58. The quantitative estimate of drug-likeness (QED) is 0.904. The number of rotatable bonds is 2. The van der Waals surface area contributed by atoms with Crippen LogP contribution in [0, 0.1) is 0 Å². The van der Waals surface area contributed by atoms with E-state index in [1.165, 1.54) is 0 Å². The summed E-state index contributed by atoms with van der Waals surface area (Å²) in [5, 5.41) is 3.06. The van der Waals surface area contributed by atoms with Crippen LogP contribution in [0.5, 0.6) is 0 Å². The van der Waals surface area contributed by atoms with Gasteiger partial charge < -0.3 is 15.0 Å². The highest BCUT2D eigenvalue weighted by Gasteiger charge is 2.39. The van der Waals surface area contributed by atoms with Gasteiger partial charge in [-0.2, -0.15) is 0 Å². The third kappa shape index (κ3) is 3.17. The summed E-state index contributed by atoms with van der Waals surface area (Å²) in [5.74, 6) is 1.70. The van der Waals surface area contributed by atoms with Crippen LogP contribution < -0.4 is 10.2 Å². The molecule has 1 aromatic rings. The molecule has 1 aromatic heterocycles. The van der Waals surface area contributed by atoms with Crippen molar-refractivity contribution < 1.29 is 4.74 Å². The van der Waals surface area contributed by atoms with Crippen molar-refractivity contribution in [3.63, 3.8) is 0 Å². The first-order valence-corrected chi connectivity index (χ1v) is 7.17. The number of hydrogen-bond acceptors (Lipinski definition) is 5. The first kappa shape index (κ1) is 14.5. The van der Waals surface area contributed by atoms with Gasteiger partial charge in [-0.05, 0) is 43.6 Å². The minimum Gasteiger partial charge on any atom is -0.372 e. The maximum absolute atomic E-state index is 6.09. The van der Waals surface area contributed by atoms with E-state index in [0.29, 0.717) is 0 Å². The lowest BCUT2D eigenvalue weighted by Crippen LogP contribution is -2.57. The van der Waals surface area contributed by atoms with E-state index in [0.717, 1.165) is 29.2 Å². The van der Waals surface area contributed by atoms with E-state index in [9.17, 15) is 0 Å². The Balaban J connectivity index is 2.36. The fourth-order valence-electron chi connectivity index (χ4n) is 2.69. The van der Waals surface area contributed by atoms with Gasteiger partial charge in [-0.1, -0.05) is 0 Å². The first-order valence-electron chi connectivity index (χ1n) is 6.37. The van der Waals surface area contributed by atoms with Crippen LogP contribution in [-0.4, -0.2) is 41.3 Å². The van der Waals surface area contributed by atoms with Gasteiger partial charge in [0.1, 0.15) is 22.4 Å². The van der Waals surface area contributed by atoms with Crippen LogP contribution in [0.25, 0.3) is 0 Å². The fraction of sp³-hybridized carbons (Fsp3) is 0.692. The highest BCUT2D eigenvalue weighted by atomic mass is 79.9. The molecule has 0 amide bonds. The Hall–Kier alpha value is -0.880. The molecule has 19 heavy (non-hydrogen) atoms. The molecule has 6 heteroatoms. The van der Waals surface area contributed by atoms with E-state index >= 15 is 0 Å². The Labute approximate surface area is 122 Å². The molecule has 0 radical (unpaired) electrons. The maximum atomic E-state index is 6.09. The second-order valence-electron chi connectivity index (χ2n) is 6.09. The van der Waals surface area contributed by atoms with Crippen molar-refractivity contribution in [3.8, 4) is 0 Å². The topological polar surface area (TPSA) is 50.3 Å². The summed E-state index contributed by atoms with van der Waals surface area (Å²) in [6.07, 6.45) is 1.58. The van der Waals surface area contributed by atoms with Crippen LogP contribution in [0.3, 0.4) is 0 Å². The molecule has 0 saturated carbocycles. The van der Waals surface area contributed by atoms with Gasteiger partial charge in [-0.3, -0.25) is 0 Å². The maximum Gasteiger partial charge on any atom is 0.148 e. The van der Waals surface area contributed by atoms with Crippen molar-refractivity contribution in [1.82, 2.24) is 9.97 Å². The molecule has 5 nitrogen and oxygen atoms in total. The Morgan fingerprint density at radius 2 is 1.79 bits per heavy atom. The monoisotopic (exact) mass is 328 g/mol. The van der Waals surface area contributed by atoms with Crippen LogP contribution in [0.4, 0.5) is 11.6 Å². The van der Waals surface area contributed by atoms with Crippen LogP contribution >= 0.6 is 15.9 Å². The number of aromatic nitrogens is 2. The highest BCUT2D eigenvalue weighted by molar-refractivity contribution is 9.10. The molecule has 0 spiro atoms.